The summed E-state index contributed by atoms with van der Waals surface area (Å²) in [5.74, 6) is -0.0608. The average molecular weight is 217 g/mol. The number of amides is 1. The molecule has 14 heavy (non-hydrogen) atoms. The molecule has 0 aliphatic carbocycles. The number of carbonyl (C=O) groups excluding carboxylic acids is 1. The Kier molecular flexibility index (Phi) is 8.22. The summed E-state index contributed by atoms with van der Waals surface area (Å²) in [6.07, 6.45) is 6.22. The lowest BCUT2D eigenvalue weighted by atomic mass is 10.1. The SMILES string of the molecule is CCCCCCCC(=O)NNC(N)=S. The first-order valence-corrected chi connectivity index (χ1v) is 5.42. The molecule has 0 aromatic carbocycles. The average Bonchev–Trinajstić information content (AvgIpc) is 2.14. The van der Waals surface area contributed by atoms with Crippen LogP contribution >= 0.6 is 12.2 Å². The fraction of sp³-hybridized carbons (Fsp3) is 0.778. The molecule has 0 aliphatic heterocycles. The first-order valence-electron chi connectivity index (χ1n) is 5.01. The van der Waals surface area contributed by atoms with Crippen molar-refractivity contribution >= 4 is 23.2 Å². The number of nitrogens with two attached hydrogens (primary N) is 1. The fourth-order valence-corrected chi connectivity index (χ4v) is 1.13. The van der Waals surface area contributed by atoms with Gasteiger partial charge in [-0.3, -0.25) is 15.6 Å². The van der Waals surface area contributed by atoms with Gasteiger partial charge in [0.25, 0.3) is 0 Å². The number of hydrazine groups is 1. The summed E-state index contributed by atoms with van der Waals surface area (Å²) < 4.78 is 0. The highest BCUT2D eigenvalue weighted by atomic mass is 32.1. The molecule has 0 spiro atoms. The van der Waals surface area contributed by atoms with Gasteiger partial charge in [-0.2, -0.15) is 0 Å². The summed E-state index contributed by atoms with van der Waals surface area (Å²) in [6.45, 7) is 2.17. The molecule has 0 atom stereocenters. The summed E-state index contributed by atoms with van der Waals surface area (Å²) in [7, 11) is 0. The molecule has 0 saturated heterocycles. The van der Waals surface area contributed by atoms with Crippen LogP contribution in [0.3, 0.4) is 0 Å². The predicted molar refractivity (Wildman–Crippen MR) is 61.4 cm³/mol. The number of hydrogen-bond acceptors (Lipinski definition) is 2. The Morgan fingerprint density at radius 3 is 2.43 bits per heavy atom. The van der Waals surface area contributed by atoms with Crippen LogP contribution in [0.1, 0.15) is 45.4 Å². The maximum absolute atomic E-state index is 11.1. The van der Waals surface area contributed by atoms with E-state index in [1.165, 1.54) is 19.3 Å². The smallest absolute Gasteiger partial charge is 0.238 e. The molecule has 1 amide bonds. The molecule has 4 N–H and O–H groups in total. The zero-order valence-electron chi connectivity index (χ0n) is 8.64. The highest BCUT2D eigenvalue weighted by Crippen LogP contribution is 2.04. The third kappa shape index (κ3) is 9.25. The van der Waals surface area contributed by atoms with Crippen LogP contribution in [-0.2, 0) is 4.79 Å². The van der Waals surface area contributed by atoms with Crippen molar-refractivity contribution in [3.63, 3.8) is 0 Å². The van der Waals surface area contributed by atoms with Crippen molar-refractivity contribution in [1.82, 2.24) is 10.9 Å². The van der Waals surface area contributed by atoms with E-state index in [0.717, 1.165) is 12.8 Å². The Hall–Kier alpha value is -0.840. The molecular formula is C9H19N3OS. The number of unbranched alkanes of at least 4 members (excludes halogenated alkanes) is 4. The quantitative estimate of drug-likeness (QED) is 0.355. The molecule has 0 fully saturated rings. The molecule has 0 bridgehead atoms. The van der Waals surface area contributed by atoms with Gasteiger partial charge in [-0.05, 0) is 18.6 Å². The third-order valence-corrected chi connectivity index (χ3v) is 1.93. The number of carbonyl (C=O) groups is 1. The third-order valence-electron chi connectivity index (χ3n) is 1.83. The molecule has 0 heterocycles. The topological polar surface area (TPSA) is 67.2 Å². The number of hydrogen-bond donors (Lipinski definition) is 3. The highest BCUT2D eigenvalue weighted by Gasteiger charge is 1.99. The predicted octanol–water partition coefficient (Wildman–Crippen LogP) is 1.21. The van der Waals surface area contributed by atoms with E-state index in [0.29, 0.717) is 6.42 Å². The summed E-state index contributed by atoms with van der Waals surface area (Å²) in [5.41, 5.74) is 9.97. The molecule has 0 aromatic heterocycles. The van der Waals surface area contributed by atoms with Crippen LogP contribution in [0, 0.1) is 0 Å². The van der Waals surface area contributed by atoms with Crippen molar-refractivity contribution in [2.45, 2.75) is 45.4 Å². The molecule has 0 radical (unpaired) electrons. The van der Waals surface area contributed by atoms with Crippen LogP contribution < -0.4 is 16.6 Å². The maximum atomic E-state index is 11.1. The Morgan fingerprint density at radius 2 is 1.86 bits per heavy atom. The van der Waals surface area contributed by atoms with Gasteiger partial charge >= 0.3 is 0 Å². The minimum absolute atomic E-state index is 0.0608. The van der Waals surface area contributed by atoms with Gasteiger partial charge in [-0.25, -0.2) is 0 Å². The van der Waals surface area contributed by atoms with Crippen LogP contribution in [-0.4, -0.2) is 11.0 Å². The van der Waals surface area contributed by atoms with Crippen LogP contribution in [0.4, 0.5) is 0 Å². The number of rotatable bonds is 6. The number of nitrogens with one attached hydrogen (secondary N) is 2. The molecule has 5 heteroatoms. The van der Waals surface area contributed by atoms with Gasteiger partial charge in [0.05, 0.1) is 0 Å². The molecule has 0 aromatic rings. The second-order valence-corrected chi connectivity index (χ2v) is 3.64. The van der Waals surface area contributed by atoms with Gasteiger partial charge in [-0.1, -0.05) is 32.6 Å². The Labute approximate surface area is 90.6 Å². The fourth-order valence-electron chi connectivity index (χ4n) is 1.08. The summed E-state index contributed by atoms with van der Waals surface area (Å²) in [4.78, 5) is 11.1. The van der Waals surface area contributed by atoms with Gasteiger partial charge in [0.2, 0.25) is 5.91 Å². The van der Waals surface area contributed by atoms with E-state index < -0.39 is 0 Å². The molecular weight excluding hydrogens is 198 g/mol. The van der Waals surface area contributed by atoms with Gasteiger partial charge in [0, 0.05) is 6.42 Å². The molecule has 0 saturated carbocycles. The van der Waals surface area contributed by atoms with E-state index in [1.807, 2.05) is 0 Å². The Balaban J connectivity index is 3.22. The molecule has 4 nitrogen and oxygen atoms in total. The van der Waals surface area contributed by atoms with Crippen molar-refractivity contribution in [2.75, 3.05) is 0 Å². The summed E-state index contributed by atoms with van der Waals surface area (Å²) in [6, 6.07) is 0. The minimum Gasteiger partial charge on any atom is -0.375 e. The van der Waals surface area contributed by atoms with E-state index in [-0.39, 0.29) is 11.0 Å². The van der Waals surface area contributed by atoms with Crippen LogP contribution in [0.5, 0.6) is 0 Å². The summed E-state index contributed by atoms with van der Waals surface area (Å²) >= 11 is 4.54. The van der Waals surface area contributed by atoms with Gasteiger partial charge in [0.15, 0.2) is 5.11 Å². The lowest BCUT2D eigenvalue weighted by Gasteiger charge is -2.05. The van der Waals surface area contributed by atoms with E-state index in [1.54, 1.807) is 0 Å². The first-order chi connectivity index (χ1) is 6.66. The summed E-state index contributed by atoms with van der Waals surface area (Å²) in [5, 5.41) is 0.0873. The van der Waals surface area contributed by atoms with Gasteiger partial charge in [0.1, 0.15) is 0 Å². The maximum Gasteiger partial charge on any atom is 0.238 e. The number of thiocarbonyl (C=S) groups is 1. The van der Waals surface area contributed by atoms with E-state index in [9.17, 15) is 4.79 Å². The van der Waals surface area contributed by atoms with Crippen molar-refractivity contribution in [3.8, 4) is 0 Å². The van der Waals surface area contributed by atoms with Crippen molar-refractivity contribution in [1.29, 1.82) is 0 Å². The molecule has 0 unspecified atom stereocenters. The van der Waals surface area contributed by atoms with Crippen molar-refractivity contribution < 1.29 is 4.79 Å². The van der Waals surface area contributed by atoms with E-state index in [2.05, 4.69) is 30.0 Å². The molecule has 0 rings (SSSR count). The second kappa shape index (κ2) is 8.74. The normalized spacial score (nSPS) is 9.50. The van der Waals surface area contributed by atoms with Crippen molar-refractivity contribution in [2.24, 2.45) is 5.73 Å². The zero-order valence-corrected chi connectivity index (χ0v) is 9.45. The zero-order chi connectivity index (χ0) is 10.8. The monoisotopic (exact) mass is 217 g/mol. The van der Waals surface area contributed by atoms with E-state index in [4.69, 9.17) is 5.73 Å². The van der Waals surface area contributed by atoms with Crippen LogP contribution in [0.15, 0.2) is 0 Å². The first kappa shape index (κ1) is 13.2. The van der Waals surface area contributed by atoms with Crippen LogP contribution in [0.2, 0.25) is 0 Å². The lowest BCUT2D eigenvalue weighted by molar-refractivity contribution is -0.121. The Bertz CT molecular complexity index is 185. The molecule has 0 aliphatic rings. The Morgan fingerprint density at radius 1 is 1.21 bits per heavy atom. The van der Waals surface area contributed by atoms with Gasteiger partial charge < -0.3 is 5.73 Å². The molecule has 82 valence electrons. The standard InChI is InChI=1S/C9H19N3OS/c1-2-3-4-5-6-7-8(13)11-12-9(10)14/h2-7H2,1H3,(H,11,13)(H3,10,12,14). The van der Waals surface area contributed by atoms with E-state index >= 15 is 0 Å². The van der Waals surface area contributed by atoms with Crippen LogP contribution in [0.25, 0.3) is 0 Å². The minimum atomic E-state index is -0.0608. The largest absolute Gasteiger partial charge is 0.375 e. The lowest BCUT2D eigenvalue weighted by Crippen LogP contribution is -2.44. The highest BCUT2D eigenvalue weighted by molar-refractivity contribution is 7.80. The van der Waals surface area contributed by atoms with Crippen molar-refractivity contribution in [3.05, 3.63) is 0 Å². The van der Waals surface area contributed by atoms with Gasteiger partial charge in [-0.15, -0.1) is 0 Å². The second-order valence-electron chi connectivity index (χ2n) is 3.20.